The summed E-state index contributed by atoms with van der Waals surface area (Å²) in [6.45, 7) is 2.14. The zero-order chi connectivity index (χ0) is 12.3. The molecule has 0 N–H and O–H groups in total. The number of aromatic nitrogens is 3. The maximum Gasteiger partial charge on any atom is 0.153 e. The molecule has 0 bridgehead atoms. The molecule has 0 amide bonds. The first-order valence-corrected chi connectivity index (χ1v) is 6.82. The molecule has 0 aliphatic carbocycles. The highest BCUT2D eigenvalue weighted by atomic mass is 79.9. The lowest BCUT2D eigenvalue weighted by atomic mass is 10.2. The minimum absolute atomic E-state index is 0.492. The first-order chi connectivity index (χ1) is 8.26. The number of rotatable bonds is 4. The second-order valence-electron chi connectivity index (χ2n) is 3.75. The van der Waals surface area contributed by atoms with Gasteiger partial charge in [-0.25, -0.2) is 9.67 Å². The van der Waals surface area contributed by atoms with E-state index in [0.717, 1.165) is 34.4 Å². The molecule has 2 aromatic rings. The molecule has 3 nitrogen and oxygen atoms in total. The average Bonchev–Trinajstić information content (AvgIpc) is 2.74. The van der Waals surface area contributed by atoms with Gasteiger partial charge in [-0.05, 0) is 34.5 Å². The smallest absolute Gasteiger partial charge is 0.153 e. The Labute approximate surface area is 114 Å². The Morgan fingerprint density at radius 1 is 1.35 bits per heavy atom. The third-order valence-corrected chi connectivity index (χ3v) is 3.27. The van der Waals surface area contributed by atoms with Crippen LogP contribution >= 0.6 is 27.5 Å². The topological polar surface area (TPSA) is 30.7 Å². The average molecular weight is 315 g/mol. The summed E-state index contributed by atoms with van der Waals surface area (Å²) in [6.07, 6.45) is 5.61. The molecule has 0 unspecified atom stereocenters. The maximum absolute atomic E-state index is 5.91. The molecule has 0 atom stereocenters. The van der Waals surface area contributed by atoms with E-state index >= 15 is 0 Å². The van der Waals surface area contributed by atoms with E-state index in [1.54, 1.807) is 6.20 Å². The van der Waals surface area contributed by atoms with Gasteiger partial charge in [-0.15, -0.1) is 11.6 Å². The van der Waals surface area contributed by atoms with E-state index < -0.39 is 0 Å². The van der Waals surface area contributed by atoms with Crippen LogP contribution in [0.15, 0.2) is 29.0 Å². The van der Waals surface area contributed by atoms with Crippen molar-refractivity contribution in [1.29, 1.82) is 0 Å². The standard InChI is InChI=1S/C12H13BrClN3/c1-2-3-11-9(6-14)7-16-17(11)12-5-4-10(13)8-15-12/h4-5,7-8H,2-3,6H2,1H3. The first-order valence-electron chi connectivity index (χ1n) is 5.50. The van der Waals surface area contributed by atoms with Crippen LogP contribution < -0.4 is 0 Å². The van der Waals surface area contributed by atoms with Gasteiger partial charge in [0, 0.05) is 16.2 Å². The Morgan fingerprint density at radius 2 is 2.18 bits per heavy atom. The monoisotopic (exact) mass is 313 g/mol. The van der Waals surface area contributed by atoms with Crippen LogP contribution in [-0.4, -0.2) is 14.8 Å². The maximum atomic E-state index is 5.91. The molecular weight excluding hydrogens is 302 g/mol. The van der Waals surface area contributed by atoms with Gasteiger partial charge in [0.2, 0.25) is 0 Å². The minimum Gasteiger partial charge on any atom is -0.236 e. The minimum atomic E-state index is 0.492. The number of hydrogen-bond donors (Lipinski definition) is 0. The summed E-state index contributed by atoms with van der Waals surface area (Å²) in [5.74, 6) is 1.32. The quantitative estimate of drug-likeness (QED) is 0.805. The van der Waals surface area contributed by atoms with Crippen LogP contribution in [0, 0.1) is 0 Å². The number of nitrogens with zero attached hydrogens (tertiary/aromatic N) is 3. The van der Waals surface area contributed by atoms with Crippen molar-refractivity contribution in [1.82, 2.24) is 14.8 Å². The lowest BCUT2D eigenvalue weighted by Crippen LogP contribution is -2.05. The van der Waals surface area contributed by atoms with Crippen molar-refractivity contribution in [3.05, 3.63) is 40.3 Å². The largest absolute Gasteiger partial charge is 0.236 e. The van der Waals surface area contributed by atoms with Gasteiger partial charge in [0.05, 0.1) is 17.8 Å². The summed E-state index contributed by atoms with van der Waals surface area (Å²) in [5.41, 5.74) is 2.23. The lowest BCUT2D eigenvalue weighted by molar-refractivity contribution is 0.754. The molecule has 0 spiro atoms. The van der Waals surface area contributed by atoms with Gasteiger partial charge in [0.1, 0.15) is 0 Å². The van der Waals surface area contributed by atoms with E-state index in [2.05, 4.69) is 32.9 Å². The molecule has 0 fully saturated rings. The van der Waals surface area contributed by atoms with Gasteiger partial charge in [-0.2, -0.15) is 5.10 Å². The van der Waals surface area contributed by atoms with Gasteiger partial charge >= 0.3 is 0 Å². The van der Waals surface area contributed by atoms with Crippen molar-refractivity contribution in [3.63, 3.8) is 0 Å². The molecule has 2 heterocycles. The fourth-order valence-corrected chi connectivity index (χ4v) is 2.17. The molecule has 2 aromatic heterocycles. The van der Waals surface area contributed by atoms with E-state index in [1.165, 1.54) is 0 Å². The highest BCUT2D eigenvalue weighted by Gasteiger charge is 2.11. The summed E-state index contributed by atoms with van der Waals surface area (Å²) in [5, 5.41) is 4.36. The Balaban J connectivity index is 2.43. The zero-order valence-corrected chi connectivity index (χ0v) is 11.9. The SMILES string of the molecule is CCCc1c(CCl)cnn1-c1ccc(Br)cn1. The van der Waals surface area contributed by atoms with E-state index in [9.17, 15) is 0 Å². The van der Waals surface area contributed by atoms with Gasteiger partial charge in [-0.3, -0.25) is 0 Å². The van der Waals surface area contributed by atoms with Crippen LogP contribution in [0.5, 0.6) is 0 Å². The highest BCUT2D eigenvalue weighted by molar-refractivity contribution is 9.10. The van der Waals surface area contributed by atoms with Crippen molar-refractivity contribution >= 4 is 27.5 Å². The number of hydrogen-bond acceptors (Lipinski definition) is 2. The third kappa shape index (κ3) is 2.69. The summed E-state index contributed by atoms with van der Waals surface area (Å²) < 4.78 is 2.83. The molecule has 0 aliphatic heterocycles. The fourth-order valence-electron chi connectivity index (χ4n) is 1.71. The van der Waals surface area contributed by atoms with E-state index in [0.29, 0.717) is 5.88 Å². The number of pyridine rings is 1. The highest BCUT2D eigenvalue weighted by Crippen LogP contribution is 2.18. The predicted octanol–water partition coefficient (Wildman–Crippen LogP) is 3.72. The summed E-state index contributed by atoms with van der Waals surface area (Å²) in [7, 11) is 0. The van der Waals surface area contributed by atoms with Crippen LogP contribution in [0.3, 0.4) is 0 Å². The molecule has 90 valence electrons. The van der Waals surface area contributed by atoms with Crippen molar-refractivity contribution in [2.75, 3.05) is 0 Å². The van der Waals surface area contributed by atoms with Gasteiger partial charge in [0.15, 0.2) is 5.82 Å². The van der Waals surface area contributed by atoms with Gasteiger partial charge < -0.3 is 0 Å². The molecule has 0 saturated carbocycles. The van der Waals surface area contributed by atoms with E-state index in [-0.39, 0.29) is 0 Å². The van der Waals surface area contributed by atoms with Crippen LogP contribution in [-0.2, 0) is 12.3 Å². The van der Waals surface area contributed by atoms with Crippen molar-refractivity contribution < 1.29 is 0 Å². The number of halogens is 2. The molecule has 0 saturated heterocycles. The van der Waals surface area contributed by atoms with Crippen molar-refractivity contribution in [3.8, 4) is 5.82 Å². The normalized spacial score (nSPS) is 10.8. The van der Waals surface area contributed by atoms with Crippen LogP contribution in [0.1, 0.15) is 24.6 Å². The molecule has 5 heteroatoms. The molecule has 0 radical (unpaired) electrons. The number of alkyl halides is 1. The van der Waals surface area contributed by atoms with E-state index in [4.69, 9.17) is 11.6 Å². The van der Waals surface area contributed by atoms with Crippen LogP contribution in [0.4, 0.5) is 0 Å². The zero-order valence-electron chi connectivity index (χ0n) is 9.53. The third-order valence-electron chi connectivity index (χ3n) is 2.51. The Hall–Kier alpha value is -0.870. The van der Waals surface area contributed by atoms with Gasteiger partial charge in [0.25, 0.3) is 0 Å². The van der Waals surface area contributed by atoms with Crippen molar-refractivity contribution in [2.45, 2.75) is 25.6 Å². The Bertz CT molecular complexity index is 493. The molecule has 2 rings (SSSR count). The summed E-state index contributed by atoms with van der Waals surface area (Å²) in [4.78, 5) is 4.35. The fraction of sp³-hybridized carbons (Fsp3) is 0.333. The second kappa shape index (κ2) is 5.65. The second-order valence-corrected chi connectivity index (χ2v) is 4.93. The Kier molecular flexibility index (Phi) is 4.18. The first kappa shape index (κ1) is 12.6. The summed E-state index contributed by atoms with van der Waals surface area (Å²) >= 11 is 9.29. The predicted molar refractivity (Wildman–Crippen MR) is 72.6 cm³/mol. The molecule has 17 heavy (non-hydrogen) atoms. The van der Waals surface area contributed by atoms with Crippen molar-refractivity contribution in [2.24, 2.45) is 0 Å². The Morgan fingerprint density at radius 3 is 2.76 bits per heavy atom. The summed E-state index contributed by atoms with van der Waals surface area (Å²) in [6, 6.07) is 3.90. The van der Waals surface area contributed by atoms with E-state index in [1.807, 2.05) is 23.0 Å². The molecular formula is C12H13BrClN3. The van der Waals surface area contributed by atoms with Crippen LogP contribution in [0.2, 0.25) is 0 Å². The van der Waals surface area contributed by atoms with Gasteiger partial charge in [-0.1, -0.05) is 13.3 Å². The molecule has 0 aromatic carbocycles. The lowest BCUT2D eigenvalue weighted by Gasteiger charge is -2.07. The molecule has 0 aliphatic rings. The van der Waals surface area contributed by atoms with Crippen LogP contribution in [0.25, 0.3) is 5.82 Å².